The molecule has 0 saturated heterocycles. The van der Waals surface area contributed by atoms with Crippen LogP contribution < -0.4 is 0 Å². The Kier molecular flexibility index (Phi) is 13.2. The average molecular weight is 252 g/mol. The lowest BCUT2D eigenvalue weighted by atomic mass is 10.1. The molecule has 0 saturated carbocycles. The van der Waals surface area contributed by atoms with Gasteiger partial charge in [0, 0.05) is 6.42 Å². The number of hydrogen-bond donors (Lipinski definition) is 1. The normalized spacial score (nSPS) is 11.6. The predicted molar refractivity (Wildman–Crippen MR) is 77.8 cm³/mol. The first-order valence-electron chi connectivity index (χ1n) is 7.30. The van der Waals surface area contributed by atoms with Crippen LogP contribution in [0.1, 0.15) is 71.1 Å². The van der Waals surface area contributed by atoms with Gasteiger partial charge in [0.1, 0.15) is 0 Å². The molecule has 2 nitrogen and oxygen atoms in total. The maximum Gasteiger partial charge on any atom is 0.303 e. The second-order valence-electron chi connectivity index (χ2n) is 4.70. The van der Waals surface area contributed by atoms with Gasteiger partial charge in [-0.25, -0.2) is 0 Å². The van der Waals surface area contributed by atoms with Gasteiger partial charge >= 0.3 is 5.97 Å². The average Bonchev–Trinajstić information content (AvgIpc) is 2.34. The van der Waals surface area contributed by atoms with Gasteiger partial charge in [-0.1, -0.05) is 63.3 Å². The molecule has 0 aliphatic rings. The van der Waals surface area contributed by atoms with E-state index in [1.807, 2.05) is 12.2 Å². The monoisotopic (exact) mass is 252 g/mol. The number of unbranched alkanes of at least 4 members (excludes halogenated alkanes) is 7. The number of carbonyl (C=O) groups is 1. The van der Waals surface area contributed by atoms with Crippen LogP contribution >= 0.6 is 0 Å². The smallest absolute Gasteiger partial charge is 0.303 e. The largest absolute Gasteiger partial charge is 0.481 e. The Morgan fingerprint density at radius 3 is 2.06 bits per heavy atom. The molecular formula is C16H28O2. The van der Waals surface area contributed by atoms with Crippen LogP contribution in [0.5, 0.6) is 0 Å². The summed E-state index contributed by atoms with van der Waals surface area (Å²) in [5.74, 6) is -0.706. The van der Waals surface area contributed by atoms with Crippen LogP contribution in [0.3, 0.4) is 0 Å². The van der Waals surface area contributed by atoms with Gasteiger partial charge in [0.2, 0.25) is 0 Å². The second-order valence-corrected chi connectivity index (χ2v) is 4.70. The quantitative estimate of drug-likeness (QED) is 0.387. The lowest BCUT2D eigenvalue weighted by Gasteiger charge is -1.97. The number of rotatable bonds is 12. The fourth-order valence-electron chi connectivity index (χ4n) is 1.76. The summed E-state index contributed by atoms with van der Waals surface area (Å²) in [5, 5.41) is 8.45. The first kappa shape index (κ1) is 16.9. The molecule has 18 heavy (non-hydrogen) atoms. The van der Waals surface area contributed by atoms with Gasteiger partial charge in [-0.15, -0.1) is 0 Å². The Bertz CT molecular complexity index is 241. The number of aliphatic carboxylic acids is 1. The molecule has 0 bridgehead atoms. The molecule has 0 atom stereocenters. The summed E-state index contributed by atoms with van der Waals surface area (Å²) in [6.07, 6.45) is 19.4. The first-order valence-corrected chi connectivity index (χ1v) is 7.30. The van der Waals surface area contributed by atoms with Crippen LogP contribution in [0.4, 0.5) is 0 Å². The minimum absolute atomic E-state index is 0.270. The molecule has 0 aromatic carbocycles. The minimum atomic E-state index is -0.706. The van der Waals surface area contributed by atoms with Gasteiger partial charge in [0.05, 0.1) is 0 Å². The van der Waals surface area contributed by atoms with Gasteiger partial charge in [-0.3, -0.25) is 4.79 Å². The van der Waals surface area contributed by atoms with Crippen LogP contribution in [-0.2, 0) is 4.79 Å². The van der Waals surface area contributed by atoms with Gasteiger partial charge < -0.3 is 5.11 Å². The van der Waals surface area contributed by atoms with E-state index in [0.29, 0.717) is 0 Å². The Hall–Kier alpha value is -1.05. The highest BCUT2D eigenvalue weighted by Gasteiger charge is 1.92. The standard InChI is InChI=1S/C16H28O2/c1-2-3-4-5-6-7-8-9-10-11-12-13-14-15-16(17)18/h9-12H,2-8,13-15H2,1H3,(H,17,18)/b10-9+,12-11+. The van der Waals surface area contributed by atoms with Gasteiger partial charge in [-0.05, 0) is 25.7 Å². The van der Waals surface area contributed by atoms with E-state index in [1.165, 1.54) is 38.5 Å². The van der Waals surface area contributed by atoms with Gasteiger partial charge in [-0.2, -0.15) is 0 Å². The summed E-state index contributed by atoms with van der Waals surface area (Å²) in [7, 11) is 0. The van der Waals surface area contributed by atoms with E-state index in [9.17, 15) is 4.79 Å². The Morgan fingerprint density at radius 2 is 1.44 bits per heavy atom. The summed E-state index contributed by atoms with van der Waals surface area (Å²) >= 11 is 0. The zero-order chi connectivity index (χ0) is 13.5. The number of allylic oxidation sites excluding steroid dienone is 4. The predicted octanol–water partition coefficient (Wildman–Crippen LogP) is 5.10. The molecular weight excluding hydrogens is 224 g/mol. The highest BCUT2D eigenvalue weighted by molar-refractivity contribution is 5.66. The van der Waals surface area contributed by atoms with Crippen molar-refractivity contribution in [3.8, 4) is 0 Å². The van der Waals surface area contributed by atoms with Gasteiger partial charge in [0.25, 0.3) is 0 Å². The van der Waals surface area contributed by atoms with Gasteiger partial charge in [0.15, 0.2) is 0 Å². The molecule has 0 amide bonds. The van der Waals surface area contributed by atoms with Crippen molar-refractivity contribution in [2.45, 2.75) is 71.1 Å². The van der Waals surface area contributed by atoms with Crippen molar-refractivity contribution < 1.29 is 9.90 Å². The lowest BCUT2D eigenvalue weighted by molar-refractivity contribution is -0.137. The highest BCUT2D eigenvalue weighted by Crippen LogP contribution is 2.07. The molecule has 0 heterocycles. The molecule has 104 valence electrons. The molecule has 0 spiro atoms. The molecule has 0 rings (SSSR count). The van der Waals surface area contributed by atoms with Crippen molar-refractivity contribution in [1.82, 2.24) is 0 Å². The van der Waals surface area contributed by atoms with E-state index in [-0.39, 0.29) is 6.42 Å². The molecule has 0 fully saturated rings. The number of hydrogen-bond acceptors (Lipinski definition) is 1. The van der Waals surface area contributed by atoms with Crippen molar-refractivity contribution >= 4 is 5.97 Å². The molecule has 0 radical (unpaired) electrons. The molecule has 1 N–H and O–H groups in total. The topological polar surface area (TPSA) is 37.3 Å². The van der Waals surface area contributed by atoms with Crippen molar-refractivity contribution in [3.63, 3.8) is 0 Å². The fraction of sp³-hybridized carbons (Fsp3) is 0.688. The highest BCUT2D eigenvalue weighted by atomic mass is 16.4. The second kappa shape index (κ2) is 14.0. The summed E-state index contributed by atoms with van der Waals surface area (Å²) < 4.78 is 0. The third-order valence-corrected chi connectivity index (χ3v) is 2.87. The molecule has 0 aromatic rings. The summed E-state index contributed by atoms with van der Waals surface area (Å²) in [4.78, 5) is 10.3. The molecule has 0 aliphatic heterocycles. The van der Waals surface area contributed by atoms with Crippen molar-refractivity contribution in [2.24, 2.45) is 0 Å². The molecule has 2 heteroatoms. The Labute approximate surface area is 112 Å². The van der Waals surface area contributed by atoms with E-state index in [4.69, 9.17) is 5.11 Å². The number of carboxylic acid groups (broad SMARTS) is 1. The van der Waals surface area contributed by atoms with E-state index in [2.05, 4.69) is 19.1 Å². The third-order valence-electron chi connectivity index (χ3n) is 2.87. The van der Waals surface area contributed by atoms with E-state index in [0.717, 1.165) is 19.3 Å². The lowest BCUT2D eigenvalue weighted by Crippen LogP contribution is -1.92. The maximum atomic E-state index is 10.3. The number of carboxylic acids is 1. The summed E-state index contributed by atoms with van der Waals surface area (Å²) in [6, 6.07) is 0. The van der Waals surface area contributed by atoms with Crippen molar-refractivity contribution in [3.05, 3.63) is 24.3 Å². The third kappa shape index (κ3) is 14.9. The first-order chi connectivity index (χ1) is 8.77. The Morgan fingerprint density at radius 1 is 0.889 bits per heavy atom. The fourth-order valence-corrected chi connectivity index (χ4v) is 1.76. The SMILES string of the molecule is CCCCCCCC/C=C/C=C/CCCC(=O)O. The van der Waals surface area contributed by atoms with Crippen LogP contribution in [0.15, 0.2) is 24.3 Å². The van der Waals surface area contributed by atoms with Crippen LogP contribution in [0, 0.1) is 0 Å². The molecule has 0 aromatic heterocycles. The summed E-state index contributed by atoms with van der Waals surface area (Å²) in [6.45, 7) is 2.24. The van der Waals surface area contributed by atoms with E-state index in [1.54, 1.807) is 0 Å². The van der Waals surface area contributed by atoms with Crippen LogP contribution in [0.25, 0.3) is 0 Å². The summed E-state index contributed by atoms with van der Waals surface area (Å²) in [5.41, 5.74) is 0. The maximum absolute atomic E-state index is 10.3. The van der Waals surface area contributed by atoms with E-state index < -0.39 is 5.97 Å². The van der Waals surface area contributed by atoms with Crippen LogP contribution in [-0.4, -0.2) is 11.1 Å². The minimum Gasteiger partial charge on any atom is -0.481 e. The zero-order valence-electron chi connectivity index (χ0n) is 11.7. The van der Waals surface area contributed by atoms with Crippen LogP contribution in [0.2, 0.25) is 0 Å². The molecule has 0 aliphatic carbocycles. The van der Waals surface area contributed by atoms with Crippen molar-refractivity contribution in [1.29, 1.82) is 0 Å². The molecule has 0 unspecified atom stereocenters. The Balaban J connectivity index is 3.21. The zero-order valence-corrected chi connectivity index (χ0v) is 11.7. The van der Waals surface area contributed by atoms with E-state index >= 15 is 0 Å². The van der Waals surface area contributed by atoms with Crippen molar-refractivity contribution in [2.75, 3.05) is 0 Å².